The molecule has 1 aliphatic rings. The summed E-state index contributed by atoms with van der Waals surface area (Å²) in [7, 11) is 0. The number of H-pyrrole nitrogens is 1. The fourth-order valence-electron chi connectivity index (χ4n) is 3.03. The monoisotopic (exact) mass is 386 g/mol. The second-order valence-electron chi connectivity index (χ2n) is 6.28. The third-order valence-electron chi connectivity index (χ3n) is 4.43. The highest BCUT2D eigenvalue weighted by atomic mass is 79.9. The fourth-order valence-corrected chi connectivity index (χ4v) is 3.33. The zero-order chi connectivity index (χ0) is 17.1. The summed E-state index contributed by atoms with van der Waals surface area (Å²) in [6.07, 6.45) is 2.03. The van der Waals surface area contributed by atoms with Crippen molar-refractivity contribution in [1.82, 2.24) is 20.2 Å². The fraction of sp³-hybridized carbons (Fsp3) is 0.667. The van der Waals surface area contributed by atoms with Gasteiger partial charge in [-0.15, -0.1) is 0 Å². The maximum absolute atomic E-state index is 13.0. The van der Waals surface area contributed by atoms with Gasteiger partial charge in [-0.05, 0) is 34.2 Å². The summed E-state index contributed by atoms with van der Waals surface area (Å²) in [6.45, 7) is 6.52. The van der Waals surface area contributed by atoms with Gasteiger partial charge in [0.2, 0.25) is 5.91 Å². The van der Waals surface area contributed by atoms with Crippen LogP contribution in [0.2, 0.25) is 0 Å². The van der Waals surface area contributed by atoms with Crippen LogP contribution in [-0.2, 0) is 4.79 Å². The molecule has 0 radical (unpaired) electrons. The molecule has 0 aliphatic carbocycles. The van der Waals surface area contributed by atoms with E-state index in [2.05, 4.69) is 38.1 Å². The number of carbonyl (C=O) groups is 2. The molecule has 128 valence electrons. The van der Waals surface area contributed by atoms with Crippen LogP contribution in [0.1, 0.15) is 45.5 Å². The number of likely N-dealkylation sites (tertiary alicyclic amines) is 1. The Bertz CT molecular complexity index is 577. The van der Waals surface area contributed by atoms with Crippen molar-refractivity contribution in [1.29, 1.82) is 0 Å². The Labute approximate surface area is 144 Å². The van der Waals surface area contributed by atoms with Gasteiger partial charge in [0.25, 0.3) is 0 Å². The van der Waals surface area contributed by atoms with Crippen molar-refractivity contribution < 1.29 is 14.7 Å². The average molecular weight is 387 g/mol. The molecule has 1 aromatic heterocycles. The van der Waals surface area contributed by atoms with Gasteiger partial charge in [0.05, 0.1) is 12.2 Å². The number of nitrogens with zero attached hydrogens (tertiary/aromatic N) is 2. The maximum atomic E-state index is 13.0. The third kappa shape index (κ3) is 4.04. The number of hydrogen-bond acceptors (Lipinski definition) is 3. The van der Waals surface area contributed by atoms with Gasteiger partial charge in [-0.3, -0.25) is 4.79 Å². The average Bonchev–Trinajstić information content (AvgIpc) is 3.08. The smallest absolute Gasteiger partial charge is 0.405 e. The summed E-state index contributed by atoms with van der Waals surface area (Å²) in [5, 5.41) is 11.4. The molecule has 0 bridgehead atoms. The van der Waals surface area contributed by atoms with E-state index in [9.17, 15) is 9.59 Å². The van der Waals surface area contributed by atoms with Crippen LogP contribution in [0.15, 0.2) is 10.8 Å². The molecule has 0 unspecified atom stereocenters. The zero-order valence-corrected chi connectivity index (χ0v) is 15.1. The van der Waals surface area contributed by atoms with Crippen molar-refractivity contribution in [2.45, 2.75) is 45.7 Å². The minimum atomic E-state index is -1.17. The lowest BCUT2D eigenvalue weighted by Gasteiger charge is -2.30. The number of aromatic nitrogens is 2. The number of amides is 2. The molecule has 1 saturated heterocycles. The van der Waals surface area contributed by atoms with Crippen molar-refractivity contribution in [2.75, 3.05) is 6.54 Å². The highest BCUT2D eigenvalue weighted by Crippen LogP contribution is 2.35. The van der Waals surface area contributed by atoms with Crippen LogP contribution in [0.25, 0.3) is 0 Å². The molecule has 23 heavy (non-hydrogen) atoms. The van der Waals surface area contributed by atoms with Crippen LogP contribution < -0.4 is 5.32 Å². The van der Waals surface area contributed by atoms with E-state index in [0.717, 1.165) is 23.3 Å². The van der Waals surface area contributed by atoms with Crippen LogP contribution in [0, 0.1) is 11.8 Å². The van der Waals surface area contributed by atoms with Gasteiger partial charge in [-0.1, -0.05) is 27.2 Å². The molecule has 0 spiro atoms. The SMILES string of the molecule is CC[C@H](C)[C@H](NC(=O)O)C(=O)N1C[C@@H](C)C[C@H]1c1ncc(Br)[nH]1. The number of aromatic amines is 1. The first-order valence-electron chi connectivity index (χ1n) is 7.83. The van der Waals surface area contributed by atoms with Crippen LogP contribution in [0.3, 0.4) is 0 Å². The molecule has 1 aliphatic heterocycles. The molecule has 2 rings (SSSR count). The Morgan fingerprint density at radius 2 is 2.30 bits per heavy atom. The molecular formula is C15H23BrN4O3. The van der Waals surface area contributed by atoms with Crippen molar-refractivity contribution in [3.05, 3.63) is 16.6 Å². The van der Waals surface area contributed by atoms with E-state index < -0.39 is 12.1 Å². The first-order chi connectivity index (χ1) is 10.8. The summed E-state index contributed by atoms with van der Waals surface area (Å²) in [5.41, 5.74) is 0. The van der Waals surface area contributed by atoms with E-state index >= 15 is 0 Å². The molecule has 2 heterocycles. The van der Waals surface area contributed by atoms with Crippen LogP contribution in [-0.4, -0.2) is 44.6 Å². The molecule has 0 saturated carbocycles. The number of imidazole rings is 1. The first kappa shape index (κ1) is 17.8. The van der Waals surface area contributed by atoms with Gasteiger partial charge in [-0.25, -0.2) is 9.78 Å². The maximum Gasteiger partial charge on any atom is 0.405 e. The topological polar surface area (TPSA) is 98.3 Å². The highest BCUT2D eigenvalue weighted by molar-refractivity contribution is 9.10. The molecule has 0 aromatic carbocycles. The summed E-state index contributed by atoms with van der Waals surface area (Å²) in [4.78, 5) is 33.2. The summed E-state index contributed by atoms with van der Waals surface area (Å²) >= 11 is 3.34. The standard InChI is InChI=1S/C15H23BrN4O3/c1-4-9(3)12(19-15(22)23)14(21)20-7-8(2)5-10(20)13-17-6-11(16)18-13/h6,8-10,12,19H,4-5,7H2,1-3H3,(H,17,18)(H,22,23)/t8-,9-,10-,12-/m0/s1. The number of nitrogens with one attached hydrogen (secondary N) is 2. The van der Waals surface area contributed by atoms with Crippen molar-refractivity contribution in [2.24, 2.45) is 11.8 Å². The quantitative estimate of drug-likeness (QED) is 0.724. The summed E-state index contributed by atoms with van der Waals surface area (Å²) < 4.78 is 0.765. The van der Waals surface area contributed by atoms with Crippen molar-refractivity contribution in [3.8, 4) is 0 Å². The second-order valence-corrected chi connectivity index (χ2v) is 7.13. The van der Waals surface area contributed by atoms with E-state index in [-0.39, 0.29) is 17.9 Å². The Morgan fingerprint density at radius 1 is 1.61 bits per heavy atom. The van der Waals surface area contributed by atoms with Gasteiger partial charge >= 0.3 is 6.09 Å². The van der Waals surface area contributed by atoms with E-state index in [1.165, 1.54) is 0 Å². The number of carboxylic acid groups (broad SMARTS) is 1. The Balaban J connectivity index is 2.24. The second kappa shape index (κ2) is 7.33. The number of carbonyl (C=O) groups excluding carboxylic acids is 1. The minimum Gasteiger partial charge on any atom is -0.465 e. The molecule has 7 nitrogen and oxygen atoms in total. The third-order valence-corrected chi connectivity index (χ3v) is 4.83. The Hall–Kier alpha value is -1.57. The highest BCUT2D eigenvalue weighted by Gasteiger charge is 2.40. The molecule has 2 amide bonds. The summed E-state index contributed by atoms with van der Waals surface area (Å²) in [5.74, 6) is 0.824. The van der Waals surface area contributed by atoms with E-state index in [4.69, 9.17) is 5.11 Å². The lowest BCUT2D eigenvalue weighted by Crippen LogP contribution is -2.51. The number of rotatable bonds is 5. The largest absolute Gasteiger partial charge is 0.465 e. The van der Waals surface area contributed by atoms with Crippen molar-refractivity contribution in [3.63, 3.8) is 0 Å². The minimum absolute atomic E-state index is 0.0708. The number of hydrogen-bond donors (Lipinski definition) is 3. The lowest BCUT2D eigenvalue weighted by atomic mass is 9.97. The number of halogens is 1. The molecule has 1 aromatic rings. The zero-order valence-electron chi connectivity index (χ0n) is 13.5. The molecule has 8 heteroatoms. The summed E-state index contributed by atoms with van der Waals surface area (Å²) in [6, 6.07) is -0.880. The van der Waals surface area contributed by atoms with Gasteiger partial charge in [0, 0.05) is 6.54 Å². The van der Waals surface area contributed by atoms with E-state index in [1.54, 1.807) is 11.1 Å². The normalized spacial score (nSPS) is 23.6. The Morgan fingerprint density at radius 3 is 2.83 bits per heavy atom. The first-order valence-corrected chi connectivity index (χ1v) is 8.63. The van der Waals surface area contributed by atoms with E-state index in [1.807, 2.05) is 13.8 Å². The molecule has 1 fully saturated rings. The Kier molecular flexibility index (Phi) is 5.67. The predicted molar refractivity (Wildman–Crippen MR) is 88.9 cm³/mol. The molecule has 4 atom stereocenters. The van der Waals surface area contributed by atoms with E-state index in [0.29, 0.717) is 12.5 Å². The predicted octanol–water partition coefficient (Wildman–Crippen LogP) is 2.76. The van der Waals surface area contributed by atoms with Crippen LogP contribution in [0.4, 0.5) is 4.79 Å². The van der Waals surface area contributed by atoms with Gasteiger partial charge in [0.1, 0.15) is 16.5 Å². The van der Waals surface area contributed by atoms with Crippen molar-refractivity contribution >= 4 is 27.9 Å². The van der Waals surface area contributed by atoms with Gasteiger partial charge in [-0.2, -0.15) is 0 Å². The lowest BCUT2D eigenvalue weighted by molar-refractivity contribution is -0.135. The van der Waals surface area contributed by atoms with Gasteiger partial charge in [0.15, 0.2) is 0 Å². The molecule has 3 N–H and O–H groups in total. The molecular weight excluding hydrogens is 364 g/mol. The van der Waals surface area contributed by atoms with Gasteiger partial charge < -0.3 is 20.3 Å². The van der Waals surface area contributed by atoms with Crippen LogP contribution in [0.5, 0.6) is 0 Å². The van der Waals surface area contributed by atoms with Crippen LogP contribution >= 0.6 is 15.9 Å².